The van der Waals surface area contributed by atoms with Crippen LogP contribution in [0.5, 0.6) is 0 Å². The quantitative estimate of drug-likeness (QED) is 0.899. The Morgan fingerprint density at radius 1 is 1.20 bits per heavy atom. The summed E-state index contributed by atoms with van der Waals surface area (Å²) < 4.78 is 0. The molecule has 0 spiro atoms. The number of nitrogens with one attached hydrogen (secondary N) is 2. The van der Waals surface area contributed by atoms with Crippen LogP contribution >= 0.6 is 11.6 Å². The topological polar surface area (TPSA) is 44.4 Å². The van der Waals surface area contributed by atoms with Crippen LogP contribution in [0.4, 0.5) is 10.5 Å². The van der Waals surface area contributed by atoms with E-state index in [1.165, 1.54) is 12.8 Å². The first-order valence-corrected chi connectivity index (χ1v) is 7.65. The number of urea groups is 1. The first kappa shape index (κ1) is 13.7. The zero-order valence-corrected chi connectivity index (χ0v) is 12.2. The maximum absolute atomic E-state index is 11.9. The number of hydrogen-bond acceptors (Lipinski definition) is 2. The number of rotatable bonds is 3. The van der Waals surface area contributed by atoms with Gasteiger partial charge in [0.1, 0.15) is 0 Å². The lowest BCUT2D eigenvalue weighted by Gasteiger charge is -2.32. The van der Waals surface area contributed by atoms with Crippen LogP contribution in [-0.2, 0) is 0 Å². The maximum Gasteiger partial charge on any atom is 0.319 e. The largest absolute Gasteiger partial charge is 0.335 e. The number of hydrogen-bond donors (Lipinski definition) is 2. The molecule has 4 nitrogen and oxygen atoms in total. The zero-order valence-electron chi connectivity index (χ0n) is 11.4. The van der Waals surface area contributed by atoms with E-state index in [4.69, 9.17) is 11.6 Å². The third-order valence-electron chi connectivity index (χ3n) is 4.01. The maximum atomic E-state index is 11.9. The van der Waals surface area contributed by atoms with Gasteiger partial charge in [-0.1, -0.05) is 17.7 Å². The van der Waals surface area contributed by atoms with Gasteiger partial charge in [0.25, 0.3) is 0 Å². The fourth-order valence-corrected chi connectivity index (χ4v) is 2.96. The molecule has 0 radical (unpaired) electrons. The average molecular weight is 294 g/mol. The molecule has 3 rings (SSSR count). The van der Waals surface area contributed by atoms with Crippen molar-refractivity contribution in [2.75, 3.05) is 18.4 Å². The summed E-state index contributed by atoms with van der Waals surface area (Å²) in [4.78, 5) is 14.5. The number of anilines is 1. The SMILES string of the molecule is O=C(Nc1cccc(Cl)c1)NC1CCN(C2CC2)CC1. The van der Waals surface area contributed by atoms with Gasteiger partial charge in [-0.15, -0.1) is 0 Å². The van der Waals surface area contributed by atoms with Gasteiger partial charge >= 0.3 is 6.03 Å². The van der Waals surface area contributed by atoms with Crippen molar-refractivity contribution >= 4 is 23.3 Å². The third kappa shape index (κ3) is 3.64. The molecule has 0 unspecified atom stereocenters. The highest BCUT2D eigenvalue weighted by molar-refractivity contribution is 6.30. The van der Waals surface area contributed by atoms with Crippen LogP contribution in [0.2, 0.25) is 5.02 Å². The van der Waals surface area contributed by atoms with Crippen molar-refractivity contribution < 1.29 is 4.79 Å². The Morgan fingerprint density at radius 2 is 1.95 bits per heavy atom. The molecule has 0 aromatic heterocycles. The molecule has 108 valence electrons. The molecule has 1 aromatic carbocycles. The number of carbonyl (C=O) groups is 1. The molecule has 2 N–H and O–H groups in total. The summed E-state index contributed by atoms with van der Waals surface area (Å²) in [5.41, 5.74) is 0.727. The van der Waals surface area contributed by atoms with Gasteiger partial charge in [0.15, 0.2) is 0 Å². The summed E-state index contributed by atoms with van der Waals surface area (Å²) in [5.74, 6) is 0. The second-order valence-corrected chi connectivity index (χ2v) is 6.09. The predicted octanol–water partition coefficient (Wildman–Crippen LogP) is 3.09. The molecule has 20 heavy (non-hydrogen) atoms. The van der Waals surface area contributed by atoms with Gasteiger partial charge in [0.2, 0.25) is 0 Å². The van der Waals surface area contributed by atoms with Crippen molar-refractivity contribution in [3.05, 3.63) is 29.3 Å². The Hall–Kier alpha value is -1.26. The number of nitrogens with zero attached hydrogens (tertiary/aromatic N) is 1. The van der Waals surface area contributed by atoms with E-state index in [0.717, 1.165) is 37.7 Å². The Morgan fingerprint density at radius 3 is 2.60 bits per heavy atom. The molecule has 1 aromatic rings. The lowest BCUT2D eigenvalue weighted by Crippen LogP contribution is -2.46. The minimum atomic E-state index is -0.142. The van der Waals surface area contributed by atoms with Crippen molar-refractivity contribution in [1.82, 2.24) is 10.2 Å². The first-order chi connectivity index (χ1) is 9.70. The first-order valence-electron chi connectivity index (χ1n) is 7.28. The molecule has 2 aliphatic rings. The van der Waals surface area contributed by atoms with E-state index in [2.05, 4.69) is 15.5 Å². The fourth-order valence-electron chi connectivity index (χ4n) is 2.77. The third-order valence-corrected chi connectivity index (χ3v) is 4.25. The molecule has 5 heteroatoms. The van der Waals surface area contributed by atoms with Crippen LogP contribution in [0, 0.1) is 0 Å². The Kier molecular flexibility index (Phi) is 4.13. The van der Waals surface area contributed by atoms with Crippen LogP contribution in [-0.4, -0.2) is 36.1 Å². The smallest absolute Gasteiger partial charge is 0.319 e. The van der Waals surface area contributed by atoms with E-state index < -0.39 is 0 Å². The van der Waals surface area contributed by atoms with E-state index >= 15 is 0 Å². The van der Waals surface area contributed by atoms with Crippen LogP contribution in [0.25, 0.3) is 0 Å². The van der Waals surface area contributed by atoms with Gasteiger partial charge < -0.3 is 15.5 Å². The second-order valence-electron chi connectivity index (χ2n) is 5.65. The van der Waals surface area contributed by atoms with Gasteiger partial charge in [-0.3, -0.25) is 0 Å². The molecular weight excluding hydrogens is 274 g/mol. The number of halogens is 1. The second kappa shape index (κ2) is 6.02. The molecule has 2 amide bonds. The standard InChI is InChI=1S/C15H20ClN3O/c16-11-2-1-3-13(10-11)18-15(20)17-12-6-8-19(9-7-12)14-4-5-14/h1-3,10,12,14H,4-9H2,(H2,17,18,20). The molecule has 2 fully saturated rings. The molecule has 1 aliphatic heterocycles. The fraction of sp³-hybridized carbons (Fsp3) is 0.533. The number of benzene rings is 1. The Labute approximate surface area is 124 Å². The van der Waals surface area contributed by atoms with Crippen molar-refractivity contribution in [1.29, 1.82) is 0 Å². The van der Waals surface area contributed by atoms with Gasteiger partial charge in [-0.05, 0) is 43.9 Å². The Bertz CT molecular complexity index is 482. The summed E-state index contributed by atoms with van der Waals surface area (Å²) in [7, 11) is 0. The van der Waals surface area contributed by atoms with Gasteiger partial charge in [-0.2, -0.15) is 0 Å². The minimum absolute atomic E-state index is 0.142. The average Bonchev–Trinajstić information content (AvgIpc) is 3.24. The number of amides is 2. The zero-order chi connectivity index (χ0) is 13.9. The van der Waals surface area contributed by atoms with Gasteiger partial charge in [-0.25, -0.2) is 4.79 Å². The molecule has 1 aliphatic carbocycles. The highest BCUT2D eigenvalue weighted by Crippen LogP contribution is 2.29. The van der Waals surface area contributed by atoms with E-state index in [-0.39, 0.29) is 12.1 Å². The van der Waals surface area contributed by atoms with Crippen molar-refractivity contribution in [3.8, 4) is 0 Å². The van der Waals surface area contributed by atoms with Crippen molar-refractivity contribution in [2.45, 2.75) is 37.8 Å². The summed E-state index contributed by atoms with van der Waals surface area (Å²) >= 11 is 5.89. The Balaban J connectivity index is 1.44. The van der Waals surface area contributed by atoms with E-state index in [9.17, 15) is 4.79 Å². The number of likely N-dealkylation sites (tertiary alicyclic amines) is 1. The van der Waals surface area contributed by atoms with E-state index in [0.29, 0.717) is 5.02 Å². The molecule has 0 bridgehead atoms. The van der Waals surface area contributed by atoms with Crippen molar-refractivity contribution in [2.24, 2.45) is 0 Å². The van der Waals surface area contributed by atoms with Crippen molar-refractivity contribution in [3.63, 3.8) is 0 Å². The predicted molar refractivity (Wildman–Crippen MR) is 81.2 cm³/mol. The molecule has 1 heterocycles. The number of piperidine rings is 1. The summed E-state index contributed by atoms with van der Waals surface area (Å²) in [6.45, 7) is 2.21. The lowest BCUT2D eigenvalue weighted by atomic mass is 10.1. The lowest BCUT2D eigenvalue weighted by molar-refractivity contribution is 0.189. The van der Waals surface area contributed by atoms with E-state index in [1.807, 2.05) is 12.1 Å². The molecule has 1 saturated carbocycles. The summed E-state index contributed by atoms with van der Waals surface area (Å²) in [6.07, 6.45) is 4.79. The minimum Gasteiger partial charge on any atom is -0.335 e. The summed E-state index contributed by atoms with van der Waals surface area (Å²) in [5, 5.41) is 6.50. The molecular formula is C15H20ClN3O. The highest BCUT2D eigenvalue weighted by atomic mass is 35.5. The molecule has 1 saturated heterocycles. The van der Waals surface area contributed by atoms with Crippen LogP contribution < -0.4 is 10.6 Å². The normalized spacial score (nSPS) is 20.6. The van der Waals surface area contributed by atoms with Gasteiger partial charge in [0, 0.05) is 35.9 Å². The van der Waals surface area contributed by atoms with Crippen LogP contribution in [0.3, 0.4) is 0 Å². The number of carbonyl (C=O) groups excluding carboxylic acids is 1. The molecule has 0 atom stereocenters. The summed E-state index contributed by atoms with van der Waals surface area (Å²) in [6, 6.07) is 8.17. The monoisotopic (exact) mass is 293 g/mol. The van der Waals surface area contributed by atoms with Crippen LogP contribution in [0.15, 0.2) is 24.3 Å². The highest BCUT2D eigenvalue weighted by Gasteiger charge is 2.32. The van der Waals surface area contributed by atoms with Crippen LogP contribution in [0.1, 0.15) is 25.7 Å². The van der Waals surface area contributed by atoms with E-state index in [1.54, 1.807) is 12.1 Å². The van der Waals surface area contributed by atoms with Gasteiger partial charge in [0.05, 0.1) is 0 Å².